The van der Waals surface area contributed by atoms with E-state index in [-0.39, 0.29) is 11.6 Å². The van der Waals surface area contributed by atoms with Crippen LogP contribution in [-0.2, 0) is 0 Å². The minimum absolute atomic E-state index is 0.135. The molecular formula is C20H18F2N2. The van der Waals surface area contributed by atoms with Crippen molar-refractivity contribution < 1.29 is 8.78 Å². The molecule has 1 N–H and O–H groups in total. The first-order valence-electron chi connectivity index (χ1n) is 7.82. The average molecular weight is 324 g/mol. The third-order valence-corrected chi connectivity index (χ3v) is 3.92. The monoisotopic (exact) mass is 324 g/mol. The van der Waals surface area contributed by atoms with Crippen LogP contribution >= 0.6 is 0 Å². The van der Waals surface area contributed by atoms with Gasteiger partial charge in [0, 0.05) is 24.3 Å². The predicted molar refractivity (Wildman–Crippen MR) is 92.4 cm³/mol. The SMILES string of the molecule is FC(F)c1cc(NCC(c2ccccc2)c2ccccc2)ccn1. The molecule has 1 heterocycles. The van der Waals surface area contributed by atoms with Gasteiger partial charge in [0.15, 0.2) is 0 Å². The first-order valence-corrected chi connectivity index (χ1v) is 7.82. The Hall–Kier alpha value is -2.75. The smallest absolute Gasteiger partial charge is 0.280 e. The van der Waals surface area contributed by atoms with E-state index in [2.05, 4.69) is 34.6 Å². The van der Waals surface area contributed by atoms with Gasteiger partial charge in [0.25, 0.3) is 6.43 Å². The van der Waals surface area contributed by atoms with Crippen LogP contribution in [0.1, 0.15) is 29.2 Å². The fraction of sp³-hybridized carbons (Fsp3) is 0.150. The molecule has 0 amide bonds. The molecule has 1 aromatic heterocycles. The summed E-state index contributed by atoms with van der Waals surface area (Å²) >= 11 is 0. The Morgan fingerprint density at radius 3 is 1.96 bits per heavy atom. The molecule has 0 radical (unpaired) electrons. The van der Waals surface area contributed by atoms with Gasteiger partial charge in [0.1, 0.15) is 5.69 Å². The third kappa shape index (κ3) is 3.96. The van der Waals surface area contributed by atoms with Gasteiger partial charge in [0.05, 0.1) is 0 Å². The van der Waals surface area contributed by atoms with Gasteiger partial charge in [-0.3, -0.25) is 4.98 Å². The summed E-state index contributed by atoms with van der Waals surface area (Å²) in [6, 6.07) is 23.4. The molecule has 0 aliphatic heterocycles. The first kappa shape index (κ1) is 16.1. The van der Waals surface area contributed by atoms with Crippen LogP contribution in [0.15, 0.2) is 79.0 Å². The number of nitrogens with zero attached hydrogens (tertiary/aromatic N) is 1. The zero-order valence-electron chi connectivity index (χ0n) is 13.1. The molecule has 0 saturated heterocycles. The van der Waals surface area contributed by atoms with Gasteiger partial charge < -0.3 is 5.32 Å². The van der Waals surface area contributed by atoms with Crippen LogP contribution in [0.4, 0.5) is 14.5 Å². The number of pyridine rings is 1. The molecule has 0 aliphatic rings. The van der Waals surface area contributed by atoms with E-state index >= 15 is 0 Å². The molecule has 0 saturated carbocycles. The minimum Gasteiger partial charge on any atom is -0.384 e. The summed E-state index contributed by atoms with van der Waals surface area (Å²) in [5, 5.41) is 3.26. The van der Waals surface area contributed by atoms with Gasteiger partial charge in [-0.2, -0.15) is 0 Å². The standard InChI is InChI=1S/C20H18F2N2/c21-20(22)19-13-17(11-12-23-19)24-14-18(15-7-3-1-4-8-15)16-9-5-2-6-10-16/h1-13,18,20H,14H2,(H,23,24). The summed E-state index contributed by atoms with van der Waals surface area (Å²) in [5.74, 6) is 0.135. The predicted octanol–water partition coefficient (Wildman–Crippen LogP) is 5.26. The van der Waals surface area contributed by atoms with Crippen molar-refractivity contribution in [1.82, 2.24) is 4.98 Å². The van der Waals surface area contributed by atoms with Crippen LogP contribution in [0.2, 0.25) is 0 Å². The van der Waals surface area contributed by atoms with E-state index < -0.39 is 6.43 Å². The molecule has 24 heavy (non-hydrogen) atoms. The van der Waals surface area contributed by atoms with Crippen LogP contribution in [0.5, 0.6) is 0 Å². The van der Waals surface area contributed by atoms with Crippen LogP contribution in [0.25, 0.3) is 0 Å². The summed E-state index contributed by atoms with van der Waals surface area (Å²) in [5.41, 5.74) is 2.80. The number of rotatable bonds is 6. The van der Waals surface area contributed by atoms with Crippen molar-refractivity contribution in [2.24, 2.45) is 0 Å². The molecule has 3 aromatic rings. The molecule has 0 fully saturated rings. The summed E-state index contributed by atoms with van der Waals surface area (Å²) in [6.07, 6.45) is -1.16. The normalized spacial score (nSPS) is 11.0. The average Bonchev–Trinajstić information content (AvgIpc) is 2.64. The van der Waals surface area contributed by atoms with E-state index in [4.69, 9.17) is 0 Å². The van der Waals surface area contributed by atoms with E-state index in [0.717, 1.165) is 0 Å². The Bertz CT molecular complexity index is 721. The van der Waals surface area contributed by atoms with Gasteiger partial charge in [0.2, 0.25) is 0 Å². The van der Waals surface area contributed by atoms with E-state index in [9.17, 15) is 8.78 Å². The maximum atomic E-state index is 12.8. The molecule has 0 aliphatic carbocycles. The molecule has 122 valence electrons. The van der Waals surface area contributed by atoms with Gasteiger partial charge in [-0.05, 0) is 23.3 Å². The van der Waals surface area contributed by atoms with Gasteiger partial charge in [-0.15, -0.1) is 0 Å². The van der Waals surface area contributed by atoms with Crippen LogP contribution < -0.4 is 5.32 Å². The summed E-state index contributed by atoms with van der Waals surface area (Å²) in [6.45, 7) is 0.612. The van der Waals surface area contributed by atoms with E-state index in [1.165, 1.54) is 23.4 Å². The Kier molecular flexibility index (Phi) is 5.16. The van der Waals surface area contributed by atoms with E-state index in [1.807, 2.05) is 36.4 Å². The van der Waals surface area contributed by atoms with Crippen molar-refractivity contribution in [2.75, 3.05) is 11.9 Å². The highest BCUT2D eigenvalue weighted by Crippen LogP contribution is 2.26. The van der Waals surface area contributed by atoms with Crippen molar-refractivity contribution in [3.05, 3.63) is 95.8 Å². The molecular weight excluding hydrogens is 306 g/mol. The number of benzene rings is 2. The second kappa shape index (κ2) is 7.68. The Labute approximate surface area is 140 Å². The fourth-order valence-corrected chi connectivity index (χ4v) is 2.70. The van der Waals surface area contributed by atoms with Gasteiger partial charge in [-0.25, -0.2) is 8.78 Å². The van der Waals surface area contributed by atoms with Gasteiger partial charge >= 0.3 is 0 Å². The number of hydrogen-bond acceptors (Lipinski definition) is 2. The minimum atomic E-state index is -2.56. The fourth-order valence-electron chi connectivity index (χ4n) is 2.70. The zero-order chi connectivity index (χ0) is 16.8. The number of nitrogens with one attached hydrogen (secondary N) is 1. The lowest BCUT2D eigenvalue weighted by molar-refractivity contribution is 0.146. The zero-order valence-corrected chi connectivity index (χ0v) is 13.1. The van der Waals surface area contributed by atoms with Gasteiger partial charge in [-0.1, -0.05) is 60.7 Å². The highest BCUT2D eigenvalue weighted by Gasteiger charge is 2.14. The molecule has 4 heteroatoms. The molecule has 2 aromatic carbocycles. The molecule has 0 atom stereocenters. The highest BCUT2D eigenvalue weighted by molar-refractivity contribution is 5.45. The topological polar surface area (TPSA) is 24.9 Å². The van der Waals surface area contributed by atoms with Crippen molar-refractivity contribution in [2.45, 2.75) is 12.3 Å². The molecule has 0 bridgehead atoms. The number of alkyl halides is 2. The van der Waals surface area contributed by atoms with Crippen LogP contribution in [0, 0.1) is 0 Å². The largest absolute Gasteiger partial charge is 0.384 e. The summed E-state index contributed by atoms with van der Waals surface area (Å²) in [4.78, 5) is 3.69. The van der Waals surface area contributed by atoms with Crippen LogP contribution in [-0.4, -0.2) is 11.5 Å². The number of hydrogen-bond donors (Lipinski definition) is 1. The number of halogens is 2. The van der Waals surface area contributed by atoms with Crippen molar-refractivity contribution in [3.8, 4) is 0 Å². The second-order valence-corrected chi connectivity index (χ2v) is 5.52. The third-order valence-electron chi connectivity index (χ3n) is 3.92. The Balaban J connectivity index is 1.82. The highest BCUT2D eigenvalue weighted by atomic mass is 19.3. The second-order valence-electron chi connectivity index (χ2n) is 5.52. The molecule has 2 nitrogen and oxygen atoms in total. The first-order chi connectivity index (χ1) is 11.7. The van der Waals surface area contributed by atoms with Crippen molar-refractivity contribution >= 4 is 5.69 Å². The van der Waals surface area contributed by atoms with Crippen LogP contribution in [0.3, 0.4) is 0 Å². The maximum absolute atomic E-state index is 12.8. The Morgan fingerprint density at radius 2 is 1.42 bits per heavy atom. The Morgan fingerprint density at radius 1 is 0.833 bits per heavy atom. The molecule has 3 rings (SSSR count). The molecule has 0 unspecified atom stereocenters. The number of anilines is 1. The lowest BCUT2D eigenvalue weighted by Crippen LogP contribution is -2.14. The lowest BCUT2D eigenvalue weighted by Gasteiger charge is -2.19. The molecule has 0 spiro atoms. The maximum Gasteiger partial charge on any atom is 0.280 e. The van der Waals surface area contributed by atoms with E-state index in [1.54, 1.807) is 6.07 Å². The quantitative estimate of drug-likeness (QED) is 0.669. The summed E-state index contributed by atoms with van der Waals surface area (Å²) in [7, 11) is 0. The van der Waals surface area contributed by atoms with Crippen molar-refractivity contribution in [1.29, 1.82) is 0 Å². The lowest BCUT2D eigenvalue weighted by atomic mass is 9.91. The number of aromatic nitrogens is 1. The summed E-state index contributed by atoms with van der Waals surface area (Å²) < 4.78 is 25.6. The van der Waals surface area contributed by atoms with Crippen molar-refractivity contribution in [3.63, 3.8) is 0 Å². The van der Waals surface area contributed by atoms with E-state index in [0.29, 0.717) is 12.2 Å².